The summed E-state index contributed by atoms with van der Waals surface area (Å²) >= 11 is 0. The van der Waals surface area contributed by atoms with Gasteiger partial charge in [0.25, 0.3) is 0 Å². The molecular weight excluding hydrogens is 316 g/mol. The first-order valence-corrected chi connectivity index (χ1v) is 9.97. The molecule has 2 heterocycles. The Bertz CT molecular complexity index is 476. The molecule has 3 fully saturated rings. The van der Waals surface area contributed by atoms with Gasteiger partial charge in [-0.15, -0.1) is 0 Å². The number of piperidine rings is 1. The van der Waals surface area contributed by atoms with Crippen molar-refractivity contribution in [3.63, 3.8) is 0 Å². The molecule has 25 heavy (non-hydrogen) atoms. The van der Waals surface area contributed by atoms with Crippen LogP contribution in [0.25, 0.3) is 0 Å². The Morgan fingerprint density at radius 3 is 2.20 bits per heavy atom. The minimum Gasteiger partial charge on any atom is -0.352 e. The molecule has 6 heteroatoms. The van der Waals surface area contributed by atoms with Gasteiger partial charge >= 0.3 is 0 Å². The Morgan fingerprint density at radius 2 is 1.64 bits per heavy atom. The molecule has 0 aromatic heterocycles. The molecule has 0 spiro atoms. The molecule has 1 aliphatic carbocycles. The predicted molar refractivity (Wildman–Crippen MR) is 98.2 cm³/mol. The van der Waals surface area contributed by atoms with Gasteiger partial charge < -0.3 is 10.2 Å². The molecule has 3 aliphatic rings. The molecule has 0 aromatic carbocycles. The number of nitrogens with one attached hydrogen (secondary N) is 1. The van der Waals surface area contributed by atoms with Crippen molar-refractivity contribution in [2.24, 2.45) is 11.8 Å². The zero-order valence-corrected chi connectivity index (χ0v) is 16.0. The molecule has 2 saturated heterocycles. The minimum absolute atomic E-state index is 0.0556. The summed E-state index contributed by atoms with van der Waals surface area (Å²) in [6.07, 6.45) is 3.49. The lowest BCUT2D eigenvalue weighted by molar-refractivity contribution is -0.140. The van der Waals surface area contributed by atoms with E-state index in [9.17, 15) is 9.59 Å². The first-order valence-electron chi connectivity index (χ1n) is 9.97. The molecule has 2 amide bonds. The maximum atomic E-state index is 12.9. The number of hydrogen-bond acceptors (Lipinski definition) is 4. The van der Waals surface area contributed by atoms with Gasteiger partial charge in [0, 0.05) is 45.3 Å². The van der Waals surface area contributed by atoms with E-state index in [1.807, 2.05) is 6.92 Å². The quantitative estimate of drug-likeness (QED) is 0.796. The van der Waals surface area contributed by atoms with Gasteiger partial charge in [0.2, 0.25) is 11.8 Å². The third-order valence-corrected chi connectivity index (χ3v) is 5.80. The van der Waals surface area contributed by atoms with E-state index in [2.05, 4.69) is 33.9 Å². The largest absolute Gasteiger partial charge is 0.352 e. The van der Waals surface area contributed by atoms with Gasteiger partial charge in [-0.1, -0.05) is 13.8 Å². The molecular formula is C19H34N4O2. The third-order valence-electron chi connectivity index (χ3n) is 5.80. The van der Waals surface area contributed by atoms with E-state index in [0.717, 1.165) is 52.1 Å². The van der Waals surface area contributed by atoms with E-state index in [-0.39, 0.29) is 17.9 Å². The van der Waals surface area contributed by atoms with Crippen molar-refractivity contribution in [2.45, 2.75) is 52.1 Å². The Hall–Kier alpha value is -1.14. The molecule has 3 atom stereocenters. The Kier molecular flexibility index (Phi) is 6.00. The Morgan fingerprint density at radius 1 is 1.04 bits per heavy atom. The van der Waals surface area contributed by atoms with Gasteiger partial charge in [0.1, 0.15) is 0 Å². The first kappa shape index (κ1) is 18.6. The van der Waals surface area contributed by atoms with Crippen molar-refractivity contribution in [3.05, 3.63) is 0 Å². The summed E-state index contributed by atoms with van der Waals surface area (Å²) in [5.74, 6) is 1.62. The lowest BCUT2D eigenvalue weighted by Gasteiger charge is -2.41. The van der Waals surface area contributed by atoms with Crippen molar-refractivity contribution < 1.29 is 9.59 Å². The summed E-state index contributed by atoms with van der Waals surface area (Å²) in [5, 5.41) is 3.05. The molecule has 0 bridgehead atoms. The number of carbonyl (C=O) groups is 2. The van der Waals surface area contributed by atoms with E-state index < -0.39 is 0 Å². The summed E-state index contributed by atoms with van der Waals surface area (Å²) in [6, 6.07) is 0.376. The average molecular weight is 351 g/mol. The van der Waals surface area contributed by atoms with Crippen LogP contribution in [0.2, 0.25) is 0 Å². The van der Waals surface area contributed by atoms with Gasteiger partial charge in [0.15, 0.2) is 0 Å². The maximum absolute atomic E-state index is 12.9. The van der Waals surface area contributed by atoms with Crippen molar-refractivity contribution in [2.75, 3.05) is 45.8 Å². The van der Waals surface area contributed by atoms with Crippen molar-refractivity contribution in [1.29, 1.82) is 0 Å². The van der Waals surface area contributed by atoms with E-state index in [1.54, 1.807) is 0 Å². The predicted octanol–water partition coefficient (Wildman–Crippen LogP) is 0.776. The Balaban J connectivity index is 1.43. The van der Waals surface area contributed by atoms with Gasteiger partial charge in [0.05, 0.1) is 12.6 Å². The highest BCUT2D eigenvalue weighted by Crippen LogP contribution is 2.22. The van der Waals surface area contributed by atoms with Crippen LogP contribution in [-0.2, 0) is 9.59 Å². The van der Waals surface area contributed by atoms with Crippen LogP contribution in [-0.4, -0.2) is 84.4 Å². The van der Waals surface area contributed by atoms with Crippen LogP contribution in [0.15, 0.2) is 0 Å². The van der Waals surface area contributed by atoms with Gasteiger partial charge in [-0.25, -0.2) is 0 Å². The molecule has 0 unspecified atom stereocenters. The van der Waals surface area contributed by atoms with Crippen molar-refractivity contribution in [1.82, 2.24) is 20.0 Å². The van der Waals surface area contributed by atoms with Gasteiger partial charge in [-0.3, -0.25) is 19.4 Å². The van der Waals surface area contributed by atoms with E-state index in [0.29, 0.717) is 24.4 Å². The first-order chi connectivity index (χ1) is 11.9. The number of rotatable bonds is 5. The van der Waals surface area contributed by atoms with Crippen LogP contribution < -0.4 is 5.32 Å². The van der Waals surface area contributed by atoms with Crippen LogP contribution in [0.3, 0.4) is 0 Å². The van der Waals surface area contributed by atoms with Crippen LogP contribution in [0.5, 0.6) is 0 Å². The molecule has 3 rings (SSSR count). The molecule has 0 radical (unpaired) electrons. The summed E-state index contributed by atoms with van der Waals surface area (Å²) in [6.45, 7) is 12.3. The number of likely N-dealkylation sites (tertiary alicyclic amines) is 1. The van der Waals surface area contributed by atoms with Gasteiger partial charge in [-0.2, -0.15) is 0 Å². The second-order valence-electron chi connectivity index (χ2n) is 8.52. The summed E-state index contributed by atoms with van der Waals surface area (Å²) in [4.78, 5) is 31.4. The second-order valence-corrected chi connectivity index (χ2v) is 8.52. The molecule has 6 nitrogen and oxygen atoms in total. The minimum atomic E-state index is -0.0556. The van der Waals surface area contributed by atoms with Gasteiger partial charge in [-0.05, 0) is 38.0 Å². The molecule has 1 N–H and O–H groups in total. The van der Waals surface area contributed by atoms with Crippen LogP contribution in [0.4, 0.5) is 0 Å². The third kappa shape index (κ3) is 5.17. The van der Waals surface area contributed by atoms with Crippen molar-refractivity contribution in [3.8, 4) is 0 Å². The zero-order chi connectivity index (χ0) is 18.0. The highest BCUT2D eigenvalue weighted by Gasteiger charge is 2.32. The fourth-order valence-corrected chi connectivity index (χ4v) is 4.28. The van der Waals surface area contributed by atoms with E-state index >= 15 is 0 Å². The maximum Gasteiger partial charge on any atom is 0.239 e. The highest BCUT2D eigenvalue weighted by molar-refractivity contribution is 5.81. The molecule has 0 aromatic rings. The van der Waals surface area contributed by atoms with E-state index in [1.165, 1.54) is 6.42 Å². The topological polar surface area (TPSA) is 55.9 Å². The average Bonchev–Trinajstić information content (AvgIpc) is 3.37. The fourth-order valence-electron chi connectivity index (χ4n) is 4.28. The zero-order valence-electron chi connectivity index (χ0n) is 16.0. The van der Waals surface area contributed by atoms with Crippen LogP contribution in [0, 0.1) is 11.8 Å². The normalized spacial score (nSPS) is 30.1. The molecule has 1 saturated carbocycles. The van der Waals surface area contributed by atoms with Crippen LogP contribution >= 0.6 is 0 Å². The smallest absolute Gasteiger partial charge is 0.239 e. The number of hydrogen-bond donors (Lipinski definition) is 1. The number of piperazine rings is 1. The SMILES string of the molecule is C[C@@H]1C[C@H](C)CN(C(=O)[C@@H](C)N2CCN(CC(=O)NC3CC3)CC2)C1. The standard InChI is InChI=1S/C19H34N4O2/c1-14-10-15(2)12-23(11-14)19(25)16(3)22-8-6-21(7-9-22)13-18(24)20-17-4-5-17/h14-17H,4-13H2,1-3H3,(H,20,24)/t14-,15+,16-/m1/s1. The van der Waals surface area contributed by atoms with Crippen LogP contribution in [0.1, 0.15) is 40.0 Å². The lowest BCUT2D eigenvalue weighted by Crippen LogP contribution is -2.57. The van der Waals surface area contributed by atoms with E-state index in [4.69, 9.17) is 0 Å². The molecule has 142 valence electrons. The van der Waals surface area contributed by atoms with Crippen molar-refractivity contribution >= 4 is 11.8 Å². The second kappa shape index (κ2) is 8.04. The fraction of sp³-hybridized carbons (Fsp3) is 0.895. The molecule has 2 aliphatic heterocycles. The summed E-state index contributed by atoms with van der Waals surface area (Å²) in [7, 11) is 0. The Labute approximate surface area is 151 Å². The number of amides is 2. The number of nitrogens with zero attached hydrogens (tertiary/aromatic N) is 3. The lowest BCUT2D eigenvalue weighted by atomic mass is 9.91. The monoisotopic (exact) mass is 350 g/mol. The summed E-state index contributed by atoms with van der Waals surface area (Å²) in [5.41, 5.74) is 0. The summed E-state index contributed by atoms with van der Waals surface area (Å²) < 4.78 is 0. The number of carbonyl (C=O) groups excluding carboxylic acids is 2. The highest BCUT2D eigenvalue weighted by atomic mass is 16.2.